The molecule has 7 heteroatoms. The average molecular weight is 460 g/mol. The molecule has 3 rings (SSSR count). The second-order valence-corrected chi connectivity index (χ2v) is 8.84. The zero-order valence-electron chi connectivity index (χ0n) is 17.5. The van der Waals surface area contributed by atoms with Crippen LogP contribution in [0.15, 0.2) is 65.6 Å². The standard InChI is InChI=1S/C23H26O4P2S/c1-16-9-5-7-11-21(16)25-28-24-15-19-14-20(30-4)13-18(3)23(19)27-29-26-22-12-8-6-10-17(22)2/h5-14,28-29H,15H2,1-4H3. The van der Waals surface area contributed by atoms with E-state index < -0.39 is 0 Å². The molecule has 0 N–H and O–H groups in total. The van der Waals surface area contributed by atoms with E-state index in [4.69, 9.17) is 18.1 Å². The van der Waals surface area contributed by atoms with E-state index in [9.17, 15) is 0 Å². The molecule has 0 heterocycles. The Bertz CT molecular complexity index is 981. The third-order valence-electron chi connectivity index (χ3n) is 4.48. The lowest BCUT2D eigenvalue weighted by atomic mass is 10.1. The molecular weight excluding hydrogens is 434 g/mol. The minimum Gasteiger partial charge on any atom is -0.449 e. The van der Waals surface area contributed by atoms with Crippen LogP contribution in [0.3, 0.4) is 0 Å². The maximum absolute atomic E-state index is 6.04. The van der Waals surface area contributed by atoms with Gasteiger partial charge in [-0.25, -0.2) is 0 Å². The van der Waals surface area contributed by atoms with E-state index in [0.717, 1.165) is 39.5 Å². The number of hydrogen-bond donors (Lipinski definition) is 0. The quantitative estimate of drug-likeness (QED) is 0.179. The number of hydrogen-bond acceptors (Lipinski definition) is 5. The fourth-order valence-electron chi connectivity index (χ4n) is 2.81. The highest BCUT2D eigenvalue weighted by Crippen LogP contribution is 2.36. The van der Waals surface area contributed by atoms with Crippen molar-refractivity contribution in [2.75, 3.05) is 6.26 Å². The number of rotatable bonds is 10. The molecule has 0 aliphatic carbocycles. The Morgan fingerprint density at radius 3 is 1.93 bits per heavy atom. The van der Waals surface area contributed by atoms with Crippen LogP contribution >= 0.6 is 29.8 Å². The van der Waals surface area contributed by atoms with Crippen molar-refractivity contribution in [3.63, 3.8) is 0 Å². The summed E-state index contributed by atoms with van der Waals surface area (Å²) in [5, 5.41) is 0. The van der Waals surface area contributed by atoms with E-state index in [1.807, 2.05) is 69.3 Å². The fraction of sp³-hybridized carbons (Fsp3) is 0.217. The lowest BCUT2D eigenvalue weighted by Gasteiger charge is -2.16. The van der Waals surface area contributed by atoms with E-state index in [2.05, 4.69) is 18.4 Å². The first-order valence-corrected chi connectivity index (χ1v) is 12.4. The molecule has 2 atom stereocenters. The van der Waals surface area contributed by atoms with E-state index in [0.29, 0.717) is 6.61 Å². The molecule has 0 bridgehead atoms. The lowest BCUT2D eigenvalue weighted by Crippen LogP contribution is -1.97. The van der Waals surface area contributed by atoms with Gasteiger partial charge in [0.25, 0.3) is 9.03 Å². The minimum atomic E-state index is -0.136. The SMILES string of the molecule is CSc1cc(C)c(OPOc2ccccc2C)c(COPOc2ccccc2C)c1. The molecule has 0 fully saturated rings. The van der Waals surface area contributed by atoms with Crippen molar-refractivity contribution in [1.29, 1.82) is 0 Å². The molecule has 158 valence electrons. The lowest BCUT2D eigenvalue weighted by molar-refractivity contribution is 0.314. The van der Waals surface area contributed by atoms with Gasteiger partial charge in [-0.3, -0.25) is 0 Å². The van der Waals surface area contributed by atoms with Gasteiger partial charge in [-0.1, -0.05) is 36.4 Å². The first-order valence-electron chi connectivity index (χ1n) is 9.49. The Morgan fingerprint density at radius 2 is 1.33 bits per heavy atom. The first kappa shape index (κ1) is 22.9. The predicted octanol–water partition coefficient (Wildman–Crippen LogP) is 7.40. The summed E-state index contributed by atoms with van der Waals surface area (Å²) in [6, 6.07) is 20.1. The largest absolute Gasteiger partial charge is 0.449 e. The van der Waals surface area contributed by atoms with E-state index in [1.165, 1.54) is 4.90 Å². The first-order chi connectivity index (χ1) is 14.6. The summed E-state index contributed by atoms with van der Waals surface area (Å²) >= 11 is 1.70. The van der Waals surface area contributed by atoms with Gasteiger partial charge in [-0.2, -0.15) is 0 Å². The summed E-state index contributed by atoms with van der Waals surface area (Å²) in [6.07, 6.45) is 2.06. The Morgan fingerprint density at radius 1 is 0.733 bits per heavy atom. The molecule has 0 aromatic heterocycles. The predicted molar refractivity (Wildman–Crippen MR) is 129 cm³/mol. The monoisotopic (exact) mass is 460 g/mol. The minimum absolute atomic E-state index is 0.0910. The molecule has 0 radical (unpaired) electrons. The number of thioether (sulfide) groups is 1. The molecule has 3 aromatic carbocycles. The Hall–Kier alpha value is -1.77. The second kappa shape index (κ2) is 11.6. The van der Waals surface area contributed by atoms with Crippen molar-refractivity contribution in [3.8, 4) is 17.2 Å². The fourth-order valence-corrected chi connectivity index (χ4v) is 4.70. The van der Waals surface area contributed by atoms with Crippen LogP contribution in [0.25, 0.3) is 0 Å². The van der Waals surface area contributed by atoms with Crippen LogP contribution in [0.5, 0.6) is 17.2 Å². The van der Waals surface area contributed by atoms with Crippen LogP contribution in [0, 0.1) is 20.8 Å². The molecule has 0 saturated heterocycles. The normalized spacial score (nSPS) is 11.5. The molecule has 4 nitrogen and oxygen atoms in total. The molecule has 2 unspecified atom stereocenters. The molecule has 0 saturated carbocycles. The van der Waals surface area contributed by atoms with Crippen molar-refractivity contribution >= 4 is 29.8 Å². The van der Waals surface area contributed by atoms with Gasteiger partial charge in [0, 0.05) is 10.5 Å². The summed E-state index contributed by atoms with van der Waals surface area (Å²) in [6.45, 7) is 6.49. The maximum atomic E-state index is 6.04. The van der Waals surface area contributed by atoms with E-state index in [-0.39, 0.29) is 18.1 Å². The zero-order chi connectivity index (χ0) is 21.3. The van der Waals surface area contributed by atoms with Crippen molar-refractivity contribution in [1.82, 2.24) is 0 Å². The summed E-state index contributed by atoms with van der Waals surface area (Å²) in [5.74, 6) is 2.48. The van der Waals surface area contributed by atoms with Gasteiger partial charge in [-0.05, 0) is 68.0 Å². The van der Waals surface area contributed by atoms with Crippen LogP contribution in [0.2, 0.25) is 0 Å². The van der Waals surface area contributed by atoms with Crippen LogP contribution < -0.4 is 13.6 Å². The summed E-state index contributed by atoms with van der Waals surface area (Å²) in [7, 11) is -0.227. The highest BCUT2D eigenvalue weighted by Gasteiger charge is 2.12. The Kier molecular flexibility index (Phi) is 8.84. The highest BCUT2D eigenvalue weighted by atomic mass is 32.2. The summed E-state index contributed by atoms with van der Waals surface area (Å²) in [5.41, 5.74) is 4.22. The van der Waals surface area contributed by atoms with E-state index in [1.54, 1.807) is 11.8 Å². The molecule has 30 heavy (non-hydrogen) atoms. The number of aryl methyl sites for hydroxylation is 3. The van der Waals surface area contributed by atoms with Crippen molar-refractivity contribution < 1.29 is 18.1 Å². The van der Waals surface area contributed by atoms with Gasteiger partial charge in [-0.15, -0.1) is 11.8 Å². The zero-order valence-corrected chi connectivity index (χ0v) is 20.3. The average Bonchev–Trinajstić information content (AvgIpc) is 2.75. The van der Waals surface area contributed by atoms with Gasteiger partial charge in [0.2, 0.25) is 9.03 Å². The highest BCUT2D eigenvalue weighted by molar-refractivity contribution is 7.98. The van der Waals surface area contributed by atoms with Crippen molar-refractivity contribution in [2.24, 2.45) is 0 Å². The molecule has 0 aliphatic heterocycles. The Labute approximate surface area is 186 Å². The van der Waals surface area contributed by atoms with Crippen molar-refractivity contribution in [3.05, 3.63) is 82.9 Å². The smallest absolute Gasteiger partial charge is 0.275 e. The van der Waals surface area contributed by atoms with E-state index >= 15 is 0 Å². The topological polar surface area (TPSA) is 36.9 Å². The van der Waals surface area contributed by atoms with Crippen LogP contribution in [-0.2, 0) is 11.1 Å². The molecule has 3 aromatic rings. The van der Waals surface area contributed by atoms with Crippen LogP contribution in [0.4, 0.5) is 0 Å². The Balaban J connectivity index is 1.62. The van der Waals surface area contributed by atoms with Gasteiger partial charge in [0.1, 0.15) is 17.2 Å². The maximum Gasteiger partial charge on any atom is 0.275 e. The van der Waals surface area contributed by atoms with Gasteiger partial charge >= 0.3 is 0 Å². The van der Waals surface area contributed by atoms with Gasteiger partial charge in [0.05, 0.1) is 6.61 Å². The summed E-state index contributed by atoms with van der Waals surface area (Å²) in [4.78, 5) is 1.17. The van der Waals surface area contributed by atoms with Gasteiger partial charge < -0.3 is 18.1 Å². The summed E-state index contributed by atoms with van der Waals surface area (Å²) < 4.78 is 23.5. The number of benzene rings is 3. The van der Waals surface area contributed by atoms with Crippen molar-refractivity contribution in [2.45, 2.75) is 32.3 Å². The third kappa shape index (κ3) is 6.36. The molecule has 0 spiro atoms. The molecule has 0 amide bonds. The van der Waals surface area contributed by atoms with Gasteiger partial charge in [0.15, 0.2) is 0 Å². The molecule has 0 aliphatic rings. The van der Waals surface area contributed by atoms with Crippen LogP contribution in [0.1, 0.15) is 22.3 Å². The second-order valence-electron chi connectivity index (χ2n) is 6.73. The van der Waals surface area contributed by atoms with Crippen LogP contribution in [-0.4, -0.2) is 6.26 Å². The number of para-hydroxylation sites is 2. The third-order valence-corrected chi connectivity index (χ3v) is 6.34. The molecular formula is C23H26O4P2S.